The molecule has 0 radical (unpaired) electrons. The number of nitrogens with one attached hydrogen (secondary N) is 1. The van der Waals surface area contributed by atoms with Crippen molar-refractivity contribution < 1.29 is 13.2 Å². The molecule has 6 nitrogen and oxygen atoms in total. The van der Waals surface area contributed by atoms with E-state index in [1.165, 1.54) is 6.20 Å². The lowest BCUT2D eigenvalue weighted by molar-refractivity contribution is 0.340. The normalized spacial score (nSPS) is 11.3. The molecule has 0 saturated carbocycles. The van der Waals surface area contributed by atoms with Gasteiger partial charge in [0, 0.05) is 18.9 Å². The molecule has 1 aromatic heterocycles. The third kappa shape index (κ3) is 3.11. The molecule has 0 saturated heterocycles. The molecule has 0 unspecified atom stereocenters. The third-order valence-corrected chi connectivity index (χ3v) is 4.03. The summed E-state index contributed by atoms with van der Waals surface area (Å²) in [6, 6.07) is 6.73. The smallest absolute Gasteiger partial charge is 0.280 e. The summed E-state index contributed by atoms with van der Waals surface area (Å²) in [5.41, 5.74) is 0.469. The van der Waals surface area contributed by atoms with E-state index in [2.05, 4.69) is 9.71 Å². The van der Waals surface area contributed by atoms with E-state index in [4.69, 9.17) is 4.74 Å². The lowest BCUT2D eigenvalue weighted by Gasteiger charge is -2.07. The molecular formula is C13H17N3O3S. The van der Waals surface area contributed by atoms with Gasteiger partial charge in [0.05, 0.1) is 6.61 Å². The van der Waals surface area contributed by atoms with Gasteiger partial charge in [-0.3, -0.25) is 4.72 Å². The predicted molar refractivity (Wildman–Crippen MR) is 76.4 cm³/mol. The first-order valence-corrected chi connectivity index (χ1v) is 7.66. The van der Waals surface area contributed by atoms with Crippen molar-refractivity contribution >= 4 is 15.7 Å². The minimum atomic E-state index is -3.66. The van der Waals surface area contributed by atoms with Gasteiger partial charge in [0.1, 0.15) is 11.6 Å². The minimum Gasteiger partial charge on any atom is -0.494 e. The zero-order valence-electron chi connectivity index (χ0n) is 11.6. The van der Waals surface area contributed by atoms with Crippen LogP contribution < -0.4 is 9.46 Å². The Hall–Kier alpha value is -2.02. The maximum atomic E-state index is 12.2. The number of aryl methyl sites for hydroxylation is 2. The van der Waals surface area contributed by atoms with E-state index in [0.717, 1.165) is 0 Å². The Balaban J connectivity index is 2.19. The second kappa shape index (κ2) is 5.54. The summed E-state index contributed by atoms with van der Waals surface area (Å²) in [6.07, 6.45) is 1.48. The Bertz CT molecular complexity index is 671. The number of aromatic nitrogens is 2. The molecule has 0 amide bonds. The zero-order valence-corrected chi connectivity index (χ0v) is 12.4. The van der Waals surface area contributed by atoms with Crippen LogP contribution in [0.3, 0.4) is 0 Å². The number of hydrogen-bond donors (Lipinski definition) is 1. The second-order valence-corrected chi connectivity index (χ2v) is 5.93. The van der Waals surface area contributed by atoms with Gasteiger partial charge < -0.3 is 9.30 Å². The van der Waals surface area contributed by atoms with Crippen molar-refractivity contribution in [1.82, 2.24) is 9.55 Å². The minimum absolute atomic E-state index is 0.00591. The number of hydrogen-bond acceptors (Lipinski definition) is 4. The lowest BCUT2D eigenvalue weighted by Crippen LogP contribution is -2.13. The molecule has 1 aromatic carbocycles. The van der Waals surface area contributed by atoms with E-state index in [9.17, 15) is 8.42 Å². The number of nitrogens with zero attached hydrogens (tertiary/aromatic N) is 2. The molecule has 0 aliphatic heterocycles. The highest BCUT2D eigenvalue weighted by atomic mass is 32.2. The van der Waals surface area contributed by atoms with Crippen LogP contribution in [0.15, 0.2) is 35.5 Å². The Morgan fingerprint density at radius 3 is 2.45 bits per heavy atom. The van der Waals surface area contributed by atoms with Gasteiger partial charge in [-0.25, -0.2) is 4.98 Å². The number of rotatable bonds is 5. The largest absolute Gasteiger partial charge is 0.494 e. The van der Waals surface area contributed by atoms with Crippen LogP contribution in [0.2, 0.25) is 0 Å². The lowest BCUT2D eigenvalue weighted by atomic mass is 10.3. The highest BCUT2D eigenvalue weighted by molar-refractivity contribution is 7.92. The standard InChI is InChI=1S/C13H17N3O3S/c1-4-19-12-7-5-11(6-8-12)15-20(17,18)13-9-16(3)10(2)14-13/h5-9,15H,4H2,1-3H3. The molecule has 20 heavy (non-hydrogen) atoms. The fourth-order valence-electron chi connectivity index (χ4n) is 1.65. The Labute approximate surface area is 118 Å². The average molecular weight is 295 g/mol. The van der Waals surface area contributed by atoms with Gasteiger partial charge in [-0.05, 0) is 38.1 Å². The van der Waals surface area contributed by atoms with Gasteiger partial charge in [-0.15, -0.1) is 0 Å². The van der Waals surface area contributed by atoms with Crippen LogP contribution in [-0.4, -0.2) is 24.6 Å². The van der Waals surface area contributed by atoms with Crippen LogP contribution in [-0.2, 0) is 17.1 Å². The fraction of sp³-hybridized carbons (Fsp3) is 0.308. The van der Waals surface area contributed by atoms with Gasteiger partial charge >= 0.3 is 0 Å². The van der Waals surface area contributed by atoms with Crippen molar-refractivity contribution in [2.75, 3.05) is 11.3 Å². The van der Waals surface area contributed by atoms with Gasteiger partial charge in [-0.1, -0.05) is 0 Å². The maximum absolute atomic E-state index is 12.2. The van der Waals surface area contributed by atoms with Gasteiger partial charge in [-0.2, -0.15) is 8.42 Å². The molecule has 0 bridgehead atoms. The van der Waals surface area contributed by atoms with Crippen LogP contribution in [0.25, 0.3) is 0 Å². The van der Waals surface area contributed by atoms with Crippen molar-refractivity contribution in [2.24, 2.45) is 7.05 Å². The van der Waals surface area contributed by atoms with Crippen LogP contribution >= 0.6 is 0 Å². The summed E-state index contributed by atoms with van der Waals surface area (Å²) in [5, 5.41) is 0.00591. The molecule has 1 N–H and O–H groups in total. The van der Waals surface area contributed by atoms with E-state index >= 15 is 0 Å². The number of ether oxygens (including phenoxy) is 1. The maximum Gasteiger partial charge on any atom is 0.280 e. The summed E-state index contributed by atoms with van der Waals surface area (Å²) < 4.78 is 33.8. The summed E-state index contributed by atoms with van der Waals surface area (Å²) in [7, 11) is -1.91. The van der Waals surface area contributed by atoms with E-state index in [0.29, 0.717) is 23.9 Å². The molecular weight excluding hydrogens is 278 g/mol. The number of imidazole rings is 1. The quantitative estimate of drug-likeness (QED) is 0.914. The van der Waals surface area contributed by atoms with Crippen molar-refractivity contribution in [1.29, 1.82) is 0 Å². The Morgan fingerprint density at radius 1 is 1.30 bits per heavy atom. The molecule has 2 aromatic rings. The number of benzene rings is 1. The van der Waals surface area contributed by atoms with Crippen molar-refractivity contribution in [3.63, 3.8) is 0 Å². The van der Waals surface area contributed by atoms with Gasteiger partial charge in [0.25, 0.3) is 10.0 Å². The highest BCUT2D eigenvalue weighted by Gasteiger charge is 2.18. The predicted octanol–water partition coefficient (Wildman–Crippen LogP) is 1.93. The molecule has 1 heterocycles. The van der Waals surface area contributed by atoms with Gasteiger partial charge in [0.15, 0.2) is 5.03 Å². The third-order valence-electron chi connectivity index (χ3n) is 2.78. The Morgan fingerprint density at radius 2 is 1.95 bits per heavy atom. The first-order chi connectivity index (χ1) is 9.42. The molecule has 0 fully saturated rings. The Kier molecular flexibility index (Phi) is 3.99. The topological polar surface area (TPSA) is 73.2 Å². The van der Waals surface area contributed by atoms with E-state index in [-0.39, 0.29) is 5.03 Å². The molecule has 2 rings (SSSR count). The van der Waals surface area contributed by atoms with Crippen LogP contribution in [0.4, 0.5) is 5.69 Å². The number of sulfonamides is 1. The number of anilines is 1. The SMILES string of the molecule is CCOc1ccc(NS(=O)(=O)c2cn(C)c(C)n2)cc1. The summed E-state index contributed by atoms with van der Waals surface area (Å²) in [4.78, 5) is 4.01. The first kappa shape index (κ1) is 14.4. The van der Waals surface area contributed by atoms with Crippen LogP contribution in [0.1, 0.15) is 12.7 Å². The highest BCUT2D eigenvalue weighted by Crippen LogP contribution is 2.19. The zero-order chi connectivity index (χ0) is 14.8. The van der Waals surface area contributed by atoms with Crippen molar-refractivity contribution in [2.45, 2.75) is 18.9 Å². The molecule has 7 heteroatoms. The molecule has 0 aliphatic carbocycles. The fourth-order valence-corrected chi connectivity index (χ4v) is 2.75. The summed E-state index contributed by atoms with van der Waals surface area (Å²) in [5.74, 6) is 1.33. The van der Waals surface area contributed by atoms with Crippen molar-refractivity contribution in [3.8, 4) is 5.75 Å². The van der Waals surface area contributed by atoms with E-state index in [1.54, 1.807) is 42.8 Å². The first-order valence-electron chi connectivity index (χ1n) is 6.18. The molecule has 0 aliphatic rings. The van der Waals surface area contributed by atoms with Crippen LogP contribution in [0, 0.1) is 6.92 Å². The summed E-state index contributed by atoms with van der Waals surface area (Å²) in [6.45, 7) is 4.20. The monoisotopic (exact) mass is 295 g/mol. The molecule has 0 spiro atoms. The van der Waals surface area contributed by atoms with Crippen molar-refractivity contribution in [3.05, 3.63) is 36.3 Å². The second-order valence-electron chi connectivity index (χ2n) is 4.30. The average Bonchev–Trinajstić information content (AvgIpc) is 2.73. The van der Waals surface area contributed by atoms with E-state index in [1.807, 2.05) is 6.92 Å². The molecule has 108 valence electrons. The molecule has 0 atom stereocenters. The van der Waals surface area contributed by atoms with E-state index < -0.39 is 10.0 Å². The van der Waals surface area contributed by atoms with Gasteiger partial charge in [0.2, 0.25) is 0 Å². The van der Waals surface area contributed by atoms with Crippen LogP contribution in [0.5, 0.6) is 5.75 Å². The summed E-state index contributed by atoms with van der Waals surface area (Å²) >= 11 is 0.